The summed E-state index contributed by atoms with van der Waals surface area (Å²) in [6.07, 6.45) is 1.56. The lowest BCUT2D eigenvalue weighted by Gasteiger charge is -2.02. The molecule has 0 atom stereocenters. The predicted molar refractivity (Wildman–Crippen MR) is 68.1 cm³/mol. The summed E-state index contributed by atoms with van der Waals surface area (Å²) in [5.41, 5.74) is 1.22. The Morgan fingerprint density at radius 2 is 2.05 bits per heavy atom. The monoisotopic (exact) mass is 272 g/mol. The van der Waals surface area contributed by atoms with Gasteiger partial charge >= 0.3 is 0 Å². The number of nitriles is 1. The van der Waals surface area contributed by atoms with Crippen molar-refractivity contribution in [1.82, 2.24) is 14.6 Å². The molecule has 0 amide bonds. The Morgan fingerprint density at radius 3 is 2.84 bits per heavy atom. The molecule has 3 rings (SSSR count). The maximum absolute atomic E-state index is 13.8. The van der Waals surface area contributed by atoms with Crippen LogP contribution in [-0.2, 0) is 0 Å². The molecule has 2 aromatic heterocycles. The van der Waals surface area contributed by atoms with Crippen molar-refractivity contribution in [3.63, 3.8) is 0 Å². The summed E-state index contributed by atoms with van der Waals surface area (Å²) >= 11 is 5.87. The number of nitrogens with zero attached hydrogens (tertiary/aromatic N) is 4. The van der Waals surface area contributed by atoms with Crippen molar-refractivity contribution in [2.75, 3.05) is 0 Å². The molecule has 0 radical (unpaired) electrons. The van der Waals surface area contributed by atoms with Crippen LogP contribution in [0.2, 0.25) is 5.02 Å². The first kappa shape index (κ1) is 11.6. The number of rotatable bonds is 1. The summed E-state index contributed by atoms with van der Waals surface area (Å²) in [5.74, 6) is -0.131. The summed E-state index contributed by atoms with van der Waals surface area (Å²) < 4.78 is 15.4. The first-order valence-corrected chi connectivity index (χ1v) is 5.77. The SMILES string of the molecule is N#Cc1ccc2nnc(-c3cc(Cl)ccc3F)n2c1. The Kier molecular flexibility index (Phi) is 2.65. The van der Waals surface area contributed by atoms with E-state index >= 15 is 0 Å². The smallest absolute Gasteiger partial charge is 0.171 e. The zero-order valence-corrected chi connectivity index (χ0v) is 10.3. The van der Waals surface area contributed by atoms with Gasteiger partial charge in [0.15, 0.2) is 11.5 Å². The van der Waals surface area contributed by atoms with Crippen LogP contribution < -0.4 is 0 Å². The fourth-order valence-corrected chi connectivity index (χ4v) is 1.98. The third kappa shape index (κ3) is 1.92. The van der Waals surface area contributed by atoms with Crippen LogP contribution in [0.1, 0.15) is 5.56 Å². The molecule has 0 bridgehead atoms. The van der Waals surface area contributed by atoms with Gasteiger partial charge in [-0.15, -0.1) is 10.2 Å². The Hall–Kier alpha value is -2.45. The van der Waals surface area contributed by atoms with Gasteiger partial charge in [0.25, 0.3) is 0 Å². The topological polar surface area (TPSA) is 54.0 Å². The summed E-state index contributed by atoms with van der Waals surface area (Å²) in [6, 6.07) is 9.51. The lowest BCUT2D eigenvalue weighted by molar-refractivity contribution is 0.629. The van der Waals surface area contributed by atoms with Crippen LogP contribution in [0, 0.1) is 17.1 Å². The van der Waals surface area contributed by atoms with Gasteiger partial charge in [-0.3, -0.25) is 4.40 Å². The second-order valence-corrected chi connectivity index (χ2v) is 4.34. The predicted octanol–water partition coefficient (Wildman–Crippen LogP) is 3.06. The molecular formula is C13H6ClFN4. The van der Waals surface area contributed by atoms with E-state index in [-0.39, 0.29) is 5.56 Å². The second kappa shape index (κ2) is 4.34. The molecule has 1 aromatic carbocycles. The molecule has 0 N–H and O–H groups in total. The standard InChI is InChI=1S/C13H6ClFN4/c14-9-2-3-11(15)10(5-9)13-18-17-12-4-1-8(6-16)7-19(12)13/h1-5,7H. The Bertz CT molecular complexity index is 819. The summed E-state index contributed by atoms with van der Waals surface area (Å²) in [5, 5.41) is 17.2. The maximum atomic E-state index is 13.8. The van der Waals surface area contributed by atoms with Crippen LogP contribution in [0.5, 0.6) is 0 Å². The molecule has 0 fully saturated rings. The molecule has 0 spiro atoms. The van der Waals surface area contributed by atoms with Gasteiger partial charge in [-0.25, -0.2) is 4.39 Å². The van der Waals surface area contributed by atoms with Crippen molar-refractivity contribution in [1.29, 1.82) is 5.26 Å². The molecule has 92 valence electrons. The van der Waals surface area contributed by atoms with Gasteiger partial charge in [0.1, 0.15) is 11.9 Å². The van der Waals surface area contributed by atoms with Crippen molar-refractivity contribution < 1.29 is 4.39 Å². The number of pyridine rings is 1. The van der Waals surface area contributed by atoms with Gasteiger partial charge in [-0.2, -0.15) is 5.26 Å². The highest BCUT2D eigenvalue weighted by molar-refractivity contribution is 6.30. The maximum Gasteiger partial charge on any atom is 0.171 e. The minimum atomic E-state index is -0.443. The van der Waals surface area contributed by atoms with E-state index in [4.69, 9.17) is 16.9 Å². The van der Waals surface area contributed by atoms with Gasteiger partial charge in [0.05, 0.1) is 11.1 Å². The number of halogens is 2. The normalized spacial score (nSPS) is 10.6. The van der Waals surface area contributed by atoms with Crippen LogP contribution >= 0.6 is 11.6 Å². The van der Waals surface area contributed by atoms with Crippen molar-refractivity contribution in [2.45, 2.75) is 0 Å². The Balaban J connectivity index is 2.31. The fourth-order valence-electron chi connectivity index (χ4n) is 1.81. The third-order valence-electron chi connectivity index (χ3n) is 2.70. The third-order valence-corrected chi connectivity index (χ3v) is 2.94. The molecule has 0 aliphatic carbocycles. The summed E-state index contributed by atoms with van der Waals surface area (Å²) in [7, 11) is 0. The highest BCUT2D eigenvalue weighted by atomic mass is 35.5. The average Bonchev–Trinajstić information content (AvgIpc) is 2.84. The number of hydrogen-bond donors (Lipinski definition) is 0. The van der Waals surface area contributed by atoms with Crippen LogP contribution in [0.25, 0.3) is 17.0 Å². The lowest BCUT2D eigenvalue weighted by Crippen LogP contribution is -1.93. The molecular weight excluding hydrogens is 267 g/mol. The largest absolute Gasteiger partial charge is 0.281 e. The van der Waals surface area contributed by atoms with Crippen molar-refractivity contribution in [3.8, 4) is 17.5 Å². The van der Waals surface area contributed by atoms with E-state index in [2.05, 4.69) is 10.2 Å². The lowest BCUT2D eigenvalue weighted by atomic mass is 10.2. The second-order valence-electron chi connectivity index (χ2n) is 3.91. The molecule has 19 heavy (non-hydrogen) atoms. The molecule has 0 aliphatic heterocycles. The number of aromatic nitrogens is 3. The van der Waals surface area contributed by atoms with Crippen molar-refractivity contribution >= 4 is 17.2 Å². The van der Waals surface area contributed by atoms with Crippen molar-refractivity contribution in [2.24, 2.45) is 0 Å². The van der Waals surface area contributed by atoms with E-state index in [9.17, 15) is 4.39 Å². The molecule has 2 heterocycles. The van der Waals surface area contributed by atoms with E-state index in [0.29, 0.717) is 22.1 Å². The molecule has 3 aromatic rings. The summed E-state index contributed by atoms with van der Waals surface area (Å²) in [4.78, 5) is 0. The van der Waals surface area contributed by atoms with Crippen LogP contribution in [0.3, 0.4) is 0 Å². The molecule has 0 aliphatic rings. The zero-order valence-electron chi connectivity index (χ0n) is 9.51. The summed E-state index contributed by atoms with van der Waals surface area (Å²) in [6.45, 7) is 0. The van der Waals surface area contributed by atoms with Gasteiger partial charge < -0.3 is 0 Å². The van der Waals surface area contributed by atoms with E-state index in [1.54, 1.807) is 22.7 Å². The Labute approximate surface area is 112 Å². The van der Waals surface area contributed by atoms with Crippen molar-refractivity contribution in [3.05, 3.63) is 52.9 Å². The minimum Gasteiger partial charge on any atom is -0.281 e. The number of hydrogen-bond acceptors (Lipinski definition) is 3. The number of benzene rings is 1. The Morgan fingerprint density at radius 1 is 1.21 bits per heavy atom. The molecule has 0 saturated heterocycles. The fraction of sp³-hybridized carbons (Fsp3) is 0. The van der Waals surface area contributed by atoms with Crippen LogP contribution in [0.15, 0.2) is 36.5 Å². The van der Waals surface area contributed by atoms with E-state index < -0.39 is 5.82 Å². The van der Waals surface area contributed by atoms with Gasteiger partial charge in [0, 0.05) is 11.2 Å². The first-order chi connectivity index (χ1) is 9.19. The van der Waals surface area contributed by atoms with E-state index in [0.717, 1.165) is 0 Å². The quantitative estimate of drug-likeness (QED) is 0.684. The first-order valence-electron chi connectivity index (χ1n) is 5.39. The van der Waals surface area contributed by atoms with Crippen LogP contribution in [0.4, 0.5) is 4.39 Å². The number of fused-ring (bicyclic) bond motifs is 1. The van der Waals surface area contributed by atoms with E-state index in [1.807, 2.05) is 6.07 Å². The van der Waals surface area contributed by atoms with E-state index in [1.165, 1.54) is 18.2 Å². The molecule has 6 heteroatoms. The molecule has 0 saturated carbocycles. The van der Waals surface area contributed by atoms with Gasteiger partial charge in [0.2, 0.25) is 0 Å². The van der Waals surface area contributed by atoms with Gasteiger partial charge in [-0.1, -0.05) is 11.6 Å². The van der Waals surface area contributed by atoms with Crippen LogP contribution in [-0.4, -0.2) is 14.6 Å². The molecule has 0 unspecified atom stereocenters. The van der Waals surface area contributed by atoms with Gasteiger partial charge in [-0.05, 0) is 30.3 Å². The minimum absolute atomic E-state index is 0.245. The average molecular weight is 273 g/mol. The zero-order chi connectivity index (χ0) is 13.4. The highest BCUT2D eigenvalue weighted by Crippen LogP contribution is 2.25. The highest BCUT2D eigenvalue weighted by Gasteiger charge is 2.13. The molecule has 4 nitrogen and oxygen atoms in total.